The molecule has 0 bridgehead atoms. The molecule has 1 amide bonds. The summed E-state index contributed by atoms with van der Waals surface area (Å²) >= 11 is 0. The fraction of sp³-hybridized carbons (Fsp3) is 0.333. The Morgan fingerprint density at radius 1 is 1.17 bits per heavy atom. The largest absolute Gasteiger partial charge is 0.416 e. The number of carbonyl (C=O) groups is 1. The van der Waals surface area contributed by atoms with Crippen molar-refractivity contribution in [1.29, 1.82) is 0 Å². The van der Waals surface area contributed by atoms with Gasteiger partial charge >= 0.3 is 6.18 Å². The zero-order valence-electron chi connectivity index (χ0n) is 15.7. The predicted molar refractivity (Wildman–Crippen MR) is 104 cm³/mol. The van der Waals surface area contributed by atoms with Gasteiger partial charge in [-0.2, -0.15) is 13.2 Å². The monoisotopic (exact) mass is 403 g/mol. The fourth-order valence-electron chi connectivity index (χ4n) is 3.89. The van der Waals surface area contributed by atoms with Gasteiger partial charge in [-0.25, -0.2) is 4.98 Å². The molecule has 0 spiro atoms. The molecule has 1 aliphatic heterocycles. The second-order valence-corrected chi connectivity index (χ2v) is 7.48. The van der Waals surface area contributed by atoms with E-state index >= 15 is 0 Å². The van der Waals surface area contributed by atoms with Crippen LogP contribution in [0.1, 0.15) is 30.1 Å². The van der Waals surface area contributed by atoms with Gasteiger partial charge in [0.25, 0.3) is 5.91 Å². The highest BCUT2D eigenvalue weighted by atomic mass is 19.4. The summed E-state index contributed by atoms with van der Waals surface area (Å²) in [7, 11) is 0. The molecular weight excluding hydrogens is 381 g/mol. The van der Waals surface area contributed by atoms with Crippen LogP contribution in [0.15, 0.2) is 48.5 Å². The molecule has 0 radical (unpaired) electrons. The number of anilines is 1. The first-order valence-electron chi connectivity index (χ1n) is 9.64. The van der Waals surface area contributed by atoms with Crippen LogP contribution >= 0.6 is 0 Å². The Morgan fingerprint density at radius 3 is 2.66 bits per heavy atom. The second-order valence-electron chi connectivity index (χ2n) is 7.48. The van der Waals surface area contributed by atoms with Gasteiger partial charge in [0.1, 0.15) is 5.82 Å². The van der Waals surface area contributed by atoms with E-state index in [9.17, 15) is 18.0 Å². The van der Waals surface area contributed by atoms with Gasteiger partial charge in [-0.3, -0.25) is 4.79 Å². The topological polar surface area (TPSA) is 62.2 Å². The summed E-state index contributed by atoms with van der Waals surface area (Å²) in [5, 5.41) is 2.69. The van der Waals surface area contributed by atoms with Crippen molar-refractivity contribution in [2.45, 2.75) is 24.9 Å². The maximum absolute atomic E-state index is 12.6. The molecule has 1 fully saturated rings. The number of rotatable bonds is 4. The van der Waals surface area contributed by atoms with E-state index in [1.54, 1.807) is 0 Å². The van der Waals surface area contributed by atoms with Gasteiger partial charge in [-0.05, 0) is 49.2 Å². The number of quaternary nitrogens is 1. The number of likely N-dealkylation sites (tertiary alicyclic amines) is 1. The molecule has 1 saturated heterocycles. The number of benzene rings is 2. The van der Waals surface area contributed by atoms with Gasteiger partial charge in [-0.1, -0.05) is 12.1 Å². The van der Waals surface area contributed by atoms with E-state index in [-0.39, 0.29) is 18.4 Å². The van der Waals surface area contributed by atoms with Crippen LogP contribution in [0.3, 0.4) is 0 Å². The number of para-hydroxylation sites is 2. The molecule has 3 N–H and O–H groups in total. The average Bonchev–Trinajstić information content (AvgIpc) is 3.12. The lowest BCUT2D eigenvalue weighted by Gasteiger charge is -2.28. The number of aromatic nitrogens is 2. The summed E-state index contributed by atoms with van der Waals surface area (Å²) in [5.74, 6) is 1.00. The van der Waals surface area contributed by atoms with Gasteiger partial charge in [-0.15, -0.1) is 0 Å². The predicted octanol–water partition coefficient (Wildman–Crippen LogP) is 2.98. The Labute approximate surface area is 165 Å². The number of halogens is 3. The smallest absolute Gasteiger partial charge is 0.342 e. The van der Waals surface area contributed by atoms with Gasteiger partial charge in [0.2, 0.25) is 0 Å². The van der Waals surface area contributed by atoms with Crippen LogP contribution < -0.4 is 10.2 Å². The lowest BCUT2D eigenvalue weighted by atomic mass is 9.97. The summed E-state index contributed by atoms with van der Waals surface area (Å²) in [4.78, 5) is 21.6. The molecule has 152 valence electrons. The van der Waals surface area contributed by atoms with Crippen molar-refractivity contribution in [3.63, 3.8) is 0 Å². The third-order valence-corrected chi connectivity index (χ3v) is 5.32. The molecule has 4 rings (SSSR count). The molecule has 2 atom stereocenters. The van der Waals surface area contributed by atoms with Crippen molar-refractivity contribution >= 4 is 22.6 Å². The van der Waals surface area contributed by atoms with Gasteiger partial charge in [0.15, 0.2) is 6.54 Å². The summed E-state index contributed by atoms with van der Waals surface area (Å²) in [6, 6.07) is 12.4. The van der Waals surface area contributed by atoms with Crippen molar-refractivity contribution in [3.05, 3.63) is 59.9 Å². The third kappa shape index (κ3) is 4.59. The fourth-order valence-corrected chi connectivity index (χ4v) is 3.89. The number of amides is 1. The summed E-state index contributed by atoms with van der Waals surface area (Å²) in [6.07, 6.45) is -2.37. The maximum Gasteiger partial charge on any atom is 0.416 e. The maximum atomic E-state index is 12.6. The first-order chi connectivity index (χ1) is 13.9. The number of fused-ring (bicyclic) bond motifs is 1. The highest BCUT2D eigenvalue weighted by molar-refractivity contribution is 5.91. The van der Waals surface area contributed by atoms with Crippen molar-refractivity contribution in [2.75, 3.05) is 25.0 Å². The first kappa shape index (κ1) is 19.4. The van der Waals surface area contributed by atoms with Crippen molar-refractivity contribution in [2.24, 2.45) is 0 Å². The van der Waals surface area contributed by atoms with Crippen LogP contribution in [-0.4, -0.2) is 35.5 Å². The van der Waals surface area contributed by atoms with E-state index in [1.165, 1.54) is 12.1 Å². The normalized spacial score (nSPS) is 20.0. The van der Waals surface area contributed by atoms with E-state index in [0.717, 1.165) is 59.8 Å². The molecule has 0 saturated carbocycles. The number of piperidine rings is 1. The minimum atomic E-state index is -4.38. The summed E-state index contributed by atoms with van der Waals surface area (Å²) in [5.41, 5.74) is 1.59. The Kier molecular flexibility index (Phi) is 5.27. The van der Waals surface area contributed by atoms with Crippen LogP contribution in [0.5, 0.6) is 0 Å². The Balaban J connectivity index is 1.35. The Morgan fingerprint density at radius 2 is 1.93 bits per heavy atom. The molecular formula is C21H22F3N4O+. The molecule has 0 aliphatic carbocycles. The average molecular weight is 403 g/mol. The number of imidazole rings is 1. The zero-order chi connectivity index (χ0) is 20.4. The molecule has 5 nitrogen and oxygen atoms in total. The Bertz CT molecular complexity index is 964. The second kappa shape index (κ2) is 7.87. The van der Waals surface area contributed by atoms with E-state index in [1.807, 2.05) is 24.3 Å². The summed E-state index contributed by atoms with van der Waals surface area (Å²) in [6.45, 7) is 1.95. The minimum absolute atomic E-state index is 0.204. The minimum Gasteiger partial charge on any atom is -0.342 e. The quantitative estimate of drug-likeness (QED) is 0.627. The van der Waals surface area contributed by atoms with Crippen LogP contribution in [-0.2, 0) is 11.0 Å². The molecule has 1 aliphatic rings. The first-order valence-corrected chi connectivity index (χ1v) is 9.64. The number of nitrogens with one attached hydrogen (secondary N) is 3. The molecule has 2 aromatic carbocycles. The highest BCUT2D eigenvalue weighted by Gasteiger charge is 2.30. The third-order valence-electron chi connectivity index (χ3n) is 5.32. The van der Waals surface area contributed by atoms with Crippen molar-refractivity contribution in [3.8, 4) is 0 Å². The van der Waals surface area contributed by atoms with Gasteiger partial charge in [0.05, 0.1) is 35.6 Å². The lowest BCUT2D eigenvalue weighted by molar-refractivity contribution is -0.898. The van der Waals surface area contributed by atoms with Gasteiger partial charge in [0, 0.05) is 5.69 Å². The number of hydrogen-bond donors (Lipinski definition) is 3. The molecule has 3 aromatic rings. The van der Waals surface area contributed by atoms with Crippen molar-refractivity contribution in [1.82, 2.24) is 9.97 Å². The number of alkyl halides is 3. The van der Waals surface area contributed by atoms with Gasteiger partial charge < -0.3 is 15.2 Å². The number of carbonyl (C=O) groups excluding carboxylic acids is 1. The lowest BCUT2D eigenvalue weighted by Crippen LogP contribution is -3.14. The number of aromatic amines is 1. The van der Waals surface area contributed by atoms with Crippen LogP contribution in [0.25, 0.3) is 11.0 Å². The summed E-state index contributed by atoms with van der Waals surface area (Å²) < 4.78 is 37.9. The van der Waals surface area contributed by atoms with E-state index in [0.29, 0.717) is 5.69 Å². The molecule has 1 aromatic heterocycles. The highest BCUT2D eigenvalue weighted by Crippen LogP contribution is 2.29. The van der Waals surface area contributed by atoms with Crippen molar-refractivity contribution < 1.29 is 22.9 Å². The SMILES string of the molecule is O=C(C[NH+]1CCC[C@H](c2nc3ccccc3[nH]2)C1)Nc1ccc(C(F)(F)F)cc1. The number of H-pyrrole nitrogens is 1. The van der Waals surface area contributed by atoms with Crippen LogP contribution in [0, 0.1) is 0 Å². The van der Waals surface area contributed by atoms with Crippen LogP contribution in [0.4, 0.5) is 18.9 Å². The zero-order valence-corrected chi connectivity index (χ0v) is 15.7. The molecule has 8 heteroatoms. The van der Waals surface area contributed by atoms with E-state index < -0.39 is 11.7 Å². The van der Waals surface area contributed by atoms with E-state index in [4.69, 9.17) is 0 Å². The standard InChI is InChI=1S/C21H21F3N4O/c22-21(23,24)15-7-9-16(10-8-15)25-19(29)13-28-11-3-4-14(12-28)20-26-17-5-1-2-6-18(17)27-20/h1-2,5-10,14H,3-4,11-13H2,(H,25,29)(H,26,27)/p+1/t14-/m0/s1. The number of hydrogen-bond acceptors (Lipinski definition) is 2. The number of nitrogens with zero attached hydrogens (tertiary/aromatic N) is 1. The molecule has 2 heterocycles. The van der Waals surface area contributed by atoms with E-state index in [2.05, 4.69) is 15.3 Å². The van der Waals surface area contributed by atoms with Crippen LogP contribution in [0.2, 0.25) is 0 Å². The molecule has 29 heavy (non-hydrogen) atoms. The molecule has 1 unspecified atom stereocenters. The Hall–Kier alpha value is -2.87.